The fraction of sp³-hybridized carbons (Fsp3) is 0.250. The maximum Gasteiger partial charge on any atom is 0.337 e. The Morgan fingerprint density at radius 1 is 1.50 bits per heavy atom. The van der Waals surface area contributed by atoms with Crippen molar-refractivity contribution in [2.24, 2.45) is 0 Å². The van der Waals surface area contributed by atoms with Crippen molar-refractivity contribution < 1.29 is 14.6 Å². The van der Waals surface area contributed by atoms with Crippen molar-refractivity contribution >= 4 is 23.3 Å². The lowest BCUT2D eigenvalue weighted by molar-refractivity contribution is 0.0698. The van der Waals surface area contributed by atoms with Crippen LogP contribution in [0.2, 0.25) is 5.02 Å². The van der Waals surface area contributed by atoms with Gasteiger partial charge in [-0.3, -0.25) is 4.98 Å². The number of halogens is 1. The van der Waals surface area contributed by atoms with Gasteiger partial charge in [0.2, 0.25) is 0 Å². The molecule has 0 fully saturated rings. The van der Waals surface area contributed by atoms with Gasteiger partial charge in [-0.1, -0.05) is 17.7 Å². The zero-order chi connectivity index (χ0) is 15.7. The molecule has 6 heteroatoms. The number of nitrogens with one attached hydrogen (secondary N) is 1. The molecule has 0 radical (unpaired) electrons. The Labute approximate surface area is 132 Å². The van der Waals surface area contributed by atoms with Crippen LogP contribution in [0.25, 0.3) is 0 Å². The Hall–Kier alpha value is -2.27. The molecule has 5 nitrogen and oxygen atoms in total. The third-order valence-corrected chi connectivity index (χ3v) is 4.06. The van der Waals surface area contributed by atoms with Gasteiger partial charge in [0.05, 0.1) is 29.1 Å². The number of hydrogen-bond donors (Lipinski definition) is 2. The van der Waals surface area contributed by atoms with Crippen molar-refractivity contribution in [1.29, 1.82) is 0 Å². The molecule has 0 bridgehead atoms. The number of pyridine rings is 1. The number of aromatic carboxylic acids is 1. The highest BCUT2D eigenvalue weighted by molar-refractivity contribution is 6.32. The van der Waals surface area contributed by atoms with E-state index in [2.05, 4.69) is 10.3 Å². The van der Waals surface area contributed by atoms with E-state index in [1.54, 1.807) is 13.2 Å². The second kappa shape index (κ2) is 5.85. The smallest absolute Gasteiger partial charge is 0.337 e. The maximum atomic E-state index is 11.2. The van der Waals surface area contributed by atoms with Crippen molar-refractivity contribution in [2.45, 2.75) is 18.9 Å². The molecule has 3 rings (SSSR count). The van der Waals surface area contributed by atoms with Crippen LogP contribution in [0.15, 0.2) is 30.5 Å². The van der Waals surface area contributed by atoms with Crippen LogP contribution in [0.3, 0.4) is 0 Å². The number of carbonyl (C=O) groups is 1. The van der Waals surface area contributed by atoms with E-state index >= 15 is 0 Å². The molecular formula is C16H15ClN2O3. The molecule has 1 aromatic heterocycles. The minimum Gasteiger partial charge on any atom is -0.495 e. The molecule has 1 aliphatic rings. The van der Waals surface area contributed by atoms with E-state index in [9.17, 15) is 9.90 Å². The van der Waals surface area contributed by atoms with Gasteiger partial charge in [-0.15, -0.1) is 0 Å². The first-order valence-electron chi connectivity index (χ1n) is 6.88. The molecule has 2 aromatic rings. The van der Waals surface area contributed by atoms with Crippen molar-refractivity contribution in [3.63, 3.8) is 0 Å². The van der Waals surface area contributed by atoms with E-state index in [1.807, 2.05) is 12.1 Å². The number of carboxylic acids is 1. The number of ether oxygens (including phenoxy) is 1. The van der Waals surface area contributed by atoms with E-state index in [-0.39, 0.29) is 11.6 Å². The standard InChI is InChI=1S/C16H15ClN2O3/c1-22-14-7-9(2-3-12(14)17)6-10-8-13-15(19-10)11(16(20)21)4-5-18-13/h2-5,7,10,19H,6,8H2,1H3,(H,20,21). The number of fused-ring (bicyclic) bond motifs is 1. The van der Waals surface area contributed by atoms with Gasteiger partial charge in [-0.05, 0) is 30.2 Å². The summed E-state index contributed by atoms with van der Waals surface area (Å²) >= 11 is 6.03. The fourth-order valence-electron chi connectivity index (χ4n) is 2.73. The van der Waals surface area contributed by atoms with Gasteiger partial charge in [-0.2, -0.15) is 0 Å². The third-order valence-electron chi connectivity index (χ3n) is 3.75. The van der Waals surface area contributed by atoms with Crippen molar-refractivity contribution in [1.82, 2.24) is 4.98 Å². The summed E-state index contributed by atoms with van der Waals surface area (Å²) in [6, 6.07) is 7.27. The summed E-state index contributed by atoms with van der Waals surface area (Å²) in [4.78, 5) is 15.5. The van der Waals surface area contributed by atoms with Crippen molar-refractivity contribution in [2.75, 3.05) is 12.4 Å². The molecule has 1 unspecified atom stereocenters. The summed E-state index contributed by atoms with van der Waals surface area (Å²) in [5.74, 6) is -0.306. The van der Waals surface area contributed by atoms with Gasteiger partial charge in [-0.25, -0.2) is 4.79 Å². The largest absolute Gasteiger partial charge is 0.495 e. The quantitative estimate of drug-likeness (QED) is 0.906. The first kappa shape index (κ1) is 14.7. The number of carboxylic acid groups (broad SMARTS) is 1. The number of aromatic nitrogens is 1. The molecule has 1 aliphatic heterocycles. The Morgan fingerprint density at radius 2 is 2.32 bits per heavy atom. The average molecular weight is 319 g/mol. The van der Waals surface area contributed by atoms with Crippen LogP contribution in [0.4, 0.5) is 5.69 Å². The first-order valence-corrected chi connectivity index (χ1v) is 7.26. The zero-order valence-electron chi connectivity index (χ0n) is 12.0. The summed E-state index contributed by atoms with van der Waals surface area (Å²) in [5.41, 5.74) is 2.76. The number of nitrogens with zero attached hydrogens (tertiary/aromatic N) is 1. The Kier molecular flexibility index (Phi) is 3.90. The van der Waals surface area contributed by atoms with Crippen LogP contribution in [-0.4, -0.2) is 29.2 Å². The van der Waals surface area contributed by atoms with Crippen LogP contribution < -0.4 is 10.1 Å². The molecule has 0 amide bonds. The average Bonchev–Trinajstić information content (AvgIpc) is 2.91. The van der Waals surface area contributed by atoms with Gasteiger partial charge in [0.15, 0.2) is 0 Å². The van der Waals surface area contributed by atoms with Crippen LogP contribution in [0.5, 0.6) is 5.75 Å². The van der Waals surface area contributed by atoms with Crippen molar-refractivity contribution in [3.8, 4) is 5.75 Å². The number of rotatable bonds is 4. The summed E-state index contributed by atoms with van der Waals surface area (Å²) in [6.45, 7) is 0. The predicted molar refractivity (Wildman–Crippen MR) is 84.0 cm³/mol. The van der Waals surface area contributed by atoms with E-state index in [0.29, 0.717) is 22.9 Å². The molecule has 114 valence electrons. The van der Waals surface area contributed by atoms with Gasteiger partial charge >= 0.3 is 5.97 Å². The third kappa shape index (κ3) is 2.72. The molecular weight excluding hydrogens is 304 g/mol. The van der Waals surface area contributed by atoms with Crippen LogP contribution in [-0.2, 0) is 12.8 Å². The van der Waals surface area contributed by atoms with Crippen LogP contribution in [0, 0.1) is 0 Å². The van der Waals surface area contributed by atoms with E-state index in [4.69, 9.17) is 16.3 Å². The molecule has 1 atom stereocenters. The number of hydrogen-bond acceptors (Lipinski definition) is 4. The van der Waals surface area contributed by atoms with Gasteiger partial charge in [0.1, 0.15) is 5.75 Å². The molecule has 0 aliphatic carbocycles. The monoisotopic (exact) mass is 318 g/mol. The van der Waals surface area contributed by atoms with Crippen LogP contribution in [0.1, 0.15) is 21.6 Å². The fourth-order valence-corrected chi connectivity index (χ4v) is 2.92. The molecule has 0 spiro atoms. The Bertz CT molecular complexity index is 733. The maximum absolute atomic E-state index is 11.2. The van der Waals surface area contributed by atoms with Gasteiger partial charge in [0, 0.05) is 18.7 Å². The van der Waals surface area contributed by atoms with Gasteiger partial charge < -0.3 is 15.2 Å². The number of anilines is 1. The highest BCUT2D eigenvalue weighted by atomic mass is 35.5. The molecule has 2 N–H and O–H groups in total. The normalized spacial score (nSPS) is 16.0. The van der Waals surface area contributed by atoms with Crippen LogP contribution >= 0.6 is 11.6 Å². The lowest BCUT2D eigenvalue weighted by Gasteiger charge is -2.13. The van der Waals surface area contributed by atoms with E-state index in [0.717, 1.165) is 17.7 Å². The highest BCUT2D eigenvalue weighted by Crippen LogP contribution is 2.31. The van der Waals surface area contributed by atoms with Crippen molar-refractivity contribution in [3.05, 3.63) is 52.3 Å². The summed E-state index contributed by atoms with van der Waals surface area (Å²) < 4.78 is 5.22. The summed E-state index contributed by atoms with van der Waals surface area (Å²) in [6.07, 6.45) is 2.97. The minimum absolute atomic E-state index is 0.105. The number of benzene rings is 1. The Morgan fingerprint density at radius 3 is 3.05 bits per heavy atom. The molecule has 0 saturated carbocycles. The zero-order valence-corrected chi connectivity index (χ0v) is 12.7. The molecule has 1 aromatic carbocycles. The van der Waals surface area contributed by atoms with E-state index in [1.165, 1.54) is 12.3 Å². The molecule has 22 heavy (non-hydrogen) atoms. The predicted octanol–water partition coefficient (Wildman–Crippen LogP) is 3.02. The lowest BCUT2D eigenvalue weighted by atomic mass is 10.0. The SMILES string of the molecule is COc1cc(CC2Cc3nccc(C(=O)O)c3N2)ccc1Cl. The summed E-state index contributed by atoms with van der Waals surface area (Å²) in [7, 11) is 1.58. The second-order valence-electron chi connectivity index (χ2n) is 5.20. The Balaban J connectivity index is 1.79. The second-order valence-corrected chi connectivity index (χ2v) is 5.61. The topological polar surface area (TPSA) is 71.5 Å². The van der Waals surface area contributed by atoms with E-state index < -0.39 is 5.97 Å². The first-order chi connectivity index (χ1) is 10.6. The lowest BCUT2D eigenvalue weighted by Crippen LogP contribution is -2.19. The molecule has 0 saturated heterocycles. The minimum atomic E-state index is -0.944. The highest BCUT2D eigenvalue weighted by Gasteiger charge is 2.26. The van der Waals surface area contributed by atoms with Gasteiger partial charge in [0.25, 0.3) is 0 Å². The summed E-state index contributed by atoms with van der Waals surface area (Å²) in [5, 5.41) is 13.1. The number of methoxy groups -OCH3 is 1. The molecule has 2 heterocycles.